The summed E-state index contributed by atoms with van der Waals surface area (Å²) in [5.41, 5.74) is 1.47. The van der Waals surface area contributed by atoms with E-state index in [-0.39, 0.29) is 22.3 Å². The number of nitrogens with one attached hydrogen (secondary N) is 2. The zero-order valence-electron chi connectivity index (χ0n) is 16.0. The van der Waals surface area contributed by atoms with Crippen molar-refractivity contribution in [3.05, 3.63) is 85.5 Å². The summed E-state index contributed by atoms with van der Waals surface area (Å²) in [7, 11) is -3.50. The number of amides is 1. The van der Waals surface area contributed by atoms with E-state index in [4.69, 9.17) is 12.2 Å². The lowest BCUT2D eigenvalue weighted by atomic mass is 10.1. The zero-order chi connectivity index (χ0) is 21.3. The van der Waals surface area contributed by atoms with Crippen LogP contribution in [0.3, 0.4) is 0 Å². The van der Waals surface area contributed by atoms with Gasteiger partial charge in [-0.3, -0.25) is 4.79 Å². The minimum Gasteiger partial charge on any atom is -0.332 e. The monoisotopic (exact) mass is 428 g/mol. The van der Waals surface area contributed by atoms with E-state index in [1.54, 1.807) is 24.3 Å². The number of benzene rings is 2. The molecular formula is C22H24N2O3S2. The molecule has 0 atom stereocenters. The Morgan fingerprint density at radius 1 is 1.00 bits per heavy atom. The highest BCUT2D eigenvalue weighted by Gasteiger charge is 2.25. The maximum absolute atomic E-state index is 12.8. The quantitative estimate of drug-likeness (QED) is 0.466. The smallest absolute Gasteiger partial charge is 0.230 e. The molecule has 0 bridgehead atoms. The molecule has 152 valence electrons. The minimum absolute atomic E-state index is 0.151. The molecule has 0 heterocycles. The first-order valence-electron chi connectivity index (χ1n) is 9.07. The largest absolute Gasteiger partial charge is 0.332 e. The molecule has 1 amide bonds. The van der Waals surface area contributed by atoms with Crippen molar-refractivity contribution in [2.75, 3.05) is 5.32 Å². The molecular weight excluding hydrogens is 404 g/mol. The Kier molecular flexibility index (Phi) is 8.30. The number of thiocarbonyl (C=S) groups is 1. The molecule has 0 radical (unpaired) electrons. The predicted molar refractivity (Wildman–Crippen MR) is 122 cm³/mol. The van der Waals surface area contributed by atoms with Crippen molar-refractivity contribution in [3.63, 3.8) is 0 Å². The number of hydrogen-bond donors (Lipinski definition) is 2. The molecule has 0 saturated carbocycles. The summed E-state index contributed by atoms with van der Waals surface area (Å²) in [6.07, 6.45) is 4.11. The highest BCUT2D eigenvalue weighted by Crippen LogP contribution is 2.23. The van der Waals surface area contributed by atoms with Crippen LogP contribution < -0.4 is 10.6 Å². The molecule has 2 N–H and O–H groups in total. The lowest BCUT2D eigenvalue weighted by Crippen LogP contribution is -2.35. The molecule has 2 aromatic rings. The van der Waals surface area contributed by atoms with Crippen molar-refractivity contribution in [1.29, 1.82) is 0 Å². The van der Waals surface area contributed by atoms with Gasteiger partial charge in [-0.15, -0.1) is 13.2 Å². The Morgan fingerprint density at radius 3 is 2.14 bits per heavy atom. The van der Waals surface area contributed by atoms with Crippen LogP contribution in [0, 0.1) is 0 Å². The molecule has 0 aliphatic heterocycles. The third kappa shape index (κ3) is 6.66. The summed E-state index contributed by atoms with van der Waals surface area (Å²) >= 11 is 5.16. The summed E-state index contributed by atoms with van der Waals surface area (Å²) in [6, 6.07) is 15.6. The SMILES string of the molecule is C=CCC(CC=C)S(=O)(=O)c1ccc(NC(=S)NC(=O)Cc2ccccc2)cc1. The van der Waals surface area contributed by atoms with Gasteiger partial charge in [0.1, 0.15) is 0 Å². The van der Waals surface area contributed by atoms with Gasteiger partial charge in [0.2, 0.25) is 5.91 Å². The van der Waals surface area contributed by atoms with E-state index in [0.29, 0.717) is 18.5 Å². The Labute approximate surface area is 177 Å². The standard InChI is InChI=1S/C22H24N2O3S2/c1-3-8-19(9-4-2)29(26,27)20-14-12-18(13-15-20)23-22(28)24-21(25)16-17-10-6-5-7-11-17/h3-7,10-15,19H,1-2,8-9,16H2,(H2,23,24,25,28). The van der Waals surface area contributed by atoms with Gasteiger partial charge in [0, 0.05) is 5.69 Å². The fraction of sp³-hybridized carbons (Fsp3) is 0.182. The number of rotatable bonds is 9. The summed E-state index contributed by atoms with van der Waals surface area (Å²) in [5, 5.41) is 5.07. The number of carbonyl (C=O) groups excluding carboxylic acids is 1. The van der Waals surface area contributed by atoms with Crippen molar-refractivity contribution in [2.45, 2.75) is 29.4 Å². The number of allylic oxidation sites excluding steroid dienone is 2. The van der Waals surface area contributed by atoms with Gasteiger partial charge < -0.3 is 10.6 Å². The van der Waals surface area contributed by atoms with Crippen molar-refractivity contribution in [2.24, 2.45) is 0 Å². The van der Waals surface area contributed by atoms with Crippen molar-refractivity contribution in [1.82, 2.24) is 5.32 Å². The second-order valence-corrected chi connectivity index (χ2v) is 9.04. The Hall–Kier alpha value is -2.77. The summed E-state index contributed by atoms with van der Waals surface area (Å²) in [5.74, 6) is -0.232. The molecule has 29 heavy (non-hydrogen) atoms. The van der Waals surface area contributed by atoms with Crippen LogP contribution in [0.5, 0.6) is 0 Å². The normalized spacial score (nSPS) is 10.9. The van der Waals surface area contributed by atoms with Gasteiger partial charge in [-0.2, -0.15) is 0 Å². The first-order chi connectivity index (χ1) is 13.9. The molecule has 0 aliphatic rings. The average Bonchev–Trinajstić information content (AvgIpc) is 2.68. The van der Waals surface area contributed by atoms with Crippen LogP contribution in [0.4, 0.5) is 5.69 Å². The highest BCUT2D eigenvalue weighted by molar-refractivity contribution is 7.92. The van der Waals surface area contributed by atoms with Crippen LogP contribution in [0.2, 0.25) is 0 Å². The first kappa shape index (κ1) is 22.5. The second kappa shape index (κ2) is 10.7. The van der Waals surface area contributed by atoms with E-state index in [1.807, 2.05) is 30.3 Å². The summed E-state index contributed by atoms with van der Waals surface area (Å²) < 4.78 is 25.5. The van der Waals surface area contributed by atoms with Gasteiger partial charge >= 0.3 is 0 Å². The van der Waals surface area contributed by atoms with E-state index in [0.717, 1.165) is 5.56 Å². The van der Waals surface area contributed by atoms with Crippen LogP contribution >= 0.6 is 12.2 Å². The molecule has 0 aliphatic carbocycles. The lowest BCUT2D eigenvalue weighted by molar-refractivity contribution is -0.119. The minimum atomic E-state index is -3.50. The number of hydrogen-bond acceptors (Lipinski definition) is 4. The fourth-order valence-electron chi connectivity index (χ4n) is 2.76. The lowest BCUT2D eigenvalue weighted by Gasteiger charge is -2.15. The third-order valence-electron chi connectivity index (χ3n) is 4.20. The van der Waals surface area contributed by atoms with E-state index >= 15 is 0 Å². The third-order valence-corrected chi connectivity index (χ3v) is 6.60. The van der Waals surface area contributed by atoms with Crippen LogP contribution in [0.25, 0.3) is 0 Å². The van der Waals surface area contributed by atoms with Gasteiger partial charge in [0.05, 0.1) is 16.6 Å². The molecule has 0 fully saturated rings. The summed E-state index contributed by atoms with van der Waals surface area (Å²) in [6.45, 7) is 7.26. The molecule has 0 aromatic heterocycles. The van der Waals surface area contributed by atoms with Gasteiger partial charge in [-0.1, -0.05) is 42.5 Å². The van der Waals surface area contributed by atoms with E-state index in [1.165, 1.54) is 12.1 Å². The first-order valence-corrected chi connectivity index (χ1v) is 11.0. The van der Waals surface area contributed by atoms with E-state index in [2.05, 4.69) is 23.8 Å². The Bertz CT molecular complexity index is 959. The van der Waals surface area contributed by atoms with Gasteiger partial charge in [-0.25, -0.2) is 8.42 Å². The highest BCUT2D eigenvalue weighted by atomic mass is 32.2. The predicted octanol–water partition coefficient (Wildman–Crippen LogP) is 4.04. The van der Waals surface area contributed by atoms with Crippen LogP contribution in [-0.4, -0.2) is 24.7 Å². The zero-order valence-corrected chi connectivity index (χ0v) is 17.6. The molecule has 5 nitrogen and oxygen atoms in total. The van der Waals surface area contributed by atoms with Crippen LogP contribution in [0.1, 0.15) is 18.4 Å². The van der Waals surface area contributed by atoms with Crippen LogP contribution in [0.15, 0.2) is 84.8 Å². The molecule has 0 unspecified atom stereocenters. The number of sulfone groups is 1. The van der Waals surface area contributed by atoms with Crippen LogP contribution in [-0.2, 0) is 21.1 Å². The van der Waals surface area contributed by atoms with Crippen molar-refractivity contribution < 1.29 is 13.2 Å². The second-order valence-electron chi connectivity index (χ2n) is 6.40. The number of anilines is 1. The maximum atomic E-state index is 12.8. The fourth-order valence-corrected chi connectivity index (χ4v) is 4.67. The maximum Gasteiger partial charge on any atom is 0.230 e. The molecule has 7 heteroatoms. The molecule has 2 rings (SSSR count). The molecule has 0 spiro atoms. The Balaban J connectivity index is 1.99. The van der Waals surface area contributed by atoms with E-state index < -0.39 is 15.1 Å². The van der Waals surface area contributed by atoms with Gasteiger partial charge in [0.25, 0.3) is 0 Å². The van der Waals surface area contributed by atoms with Gasteiger partial charge in [-0.05, 0) is 54.9 Å². The van der Waals surface area contributed by atoms with Crippen molar-refractivity contribution in [3.8, 4) is 0 Å². The van der Waals surface area contributed by atoms with E-state index in [9.17, 15) is 13.2 Å². The summed E-state index contributed by atoms with van der Waals surface area (Å²) in [4.78, 5) is 12.3. The molecule has 0 saturated heterocycles. The van der Waals surface area contributed by atoms with Crippen molar-refractivity contribution >= 4 is 38.8 Å². The molecule has 2 aromatic carbocycles. The van der Waals surface area contributed by atoms with Gasteiger partial charge in [0.15, 0.2) is 14.9 Å². The number of carbonyl (C=O) groups is 1. The average molecular weight is 429 g/mol. The topological polar surface area (TPSA) is 75.3 Å². The Morgan fingerprint density at radius 2 is 1.59 bits per heavy atom.